The van der Waals surface area contributed by atoms with Crippen molar-refractivity contribution >= 4 is 13.7 Å². The van der Waals surface area contributed by atoms with Crippen molar-refractivity contribution in [3.05, 3.63) is 48.6 Å². The van der Waals surface area contributed by atoms with Crippen LogP contribution in [0.3, 0.4) is 0 Å². The van der Waals surface area contributed by atoms with Crippen molar-refractivity contribution in [2.75, 3.05) is 40.9 Å². The van der Waals surface area contributed by atoms with Gasteiger partial charge in [0.25, 0.3) is 0 Å². The zero-order valence-electron chi connectivity index (χ0n) is 56.9. The van der Waals surface area contributed by atoms with Crippen LogP contribution in [0.25, 0.3) is 0 Å². The number of aliphatic hydroxyl groups is 1. The Bertz CT molecular complexity index is 1510. The molecule has 0 heterocycles. The van der Waals surface area contributed by atoms with Crippen LogP contribution in [0.1, 0.15) is 373 Å². The van der Waals surface area contributed by atoms with Crippen LogP contribution in [0.5, 0.6) is 0 Å². The zero-order chi connectivity index (χ0) is 61.2. The number of carbonyl (C=O) groups is 1. The van der Waals surface area contributed by atoms with Gasteiger partial charge in [0.2, 0.25) is 5.91 Å². The highest BCUT2D eigenvalue weighted by molar-refractivity contribution is 7.47. The maximum Gasteiger partial charge on any atom is 0.472 e. The van der Waals surface area contributed by atoms with Gasteiger partial charge in [-0.1, -0.05) is 351 Å². The van der Waals surface area contributed by atoms with Crippen molar-refractivity contribution in [1.82, 2.24) is 5.32 Å². The molecule has 496 valence electrons. The Morgan fingerprint density at radius 1 is 0.405 bits per heavy atom. The standard InChI is InChI=1S/C75H145N2O6P/c1-6-8-10-12-14-16-18-20-22-24-26-28-30-32-34-36-37-38-39-41-43-45-47-49-51-53-55-57-59-61-63-65-67-69-75(79)76-73(72-83-84(80,81)82-71-70-77(3,4)5)74(78)68-66-64-62-60-58-56-54-52-50-48-46-44-42-40-35-33-31-29-27-25-23-21-19-17-15-13-11-9-7-2/h18,20,24,26,58,60,66,68,73-74,78H,6-17,19,21-23,25,27-57,59,61-65,67,69-72H2,1-5H3,(H-,76,79,80,81)/p+1/b20-18-,26-24-,60-58+,68-66+. The minimum absolute atomic E-state index is 0.0574. The first-order valence-corrected chi connectivity index (χ1v) is 38.5. The van der Waals surface area contributed by atoms with Gasteiger partial charge in [0.1, 0.15) is 13.2 Å². The number of phosphoric acid groups is 1. The lowest BCUT2D eigenvalue weighted by Gasteiger charge is -2.25. The fourth-order valence-electron chi connectivity index (χ4n) is 11.3. The van der Waals surface area contributed by atoms with E-state index in [1.165, 1.54) is 308 Å². The first-order valence-electron chi connectivity index (χ1n) is 37.0. The minimum Gasteiger partial charge on any atom is -0.387 e. The van der Waals surface area contributed by atoms with Gasteiger partial charge in [-0.15, -0.1) is 0 Å². The number of carbonyl (C=O) groups excluding carboxylic acids is 1. The predicted molar refractivity (Wildman–Crippen MR) is 369 cm³/mol. The zero-order valence-corrected chi connectivity index (χ0v) is 57.8. The molecule has 0 aromatic carbocycles. The molecule has 0 aliphatic carbocycles. The van der Waals surface area contributed by atoms with Crippen LogP contribution < -0.4 is 5.32 Å². The van der Waals surface area contributed by atoms with Gasteiger partial charge in [-0.3, -0.25) is 13.8 Å². The minimum atomic E-state index is -4.36. The Balaban J connectivity index is 4.04. The van der Waals surface area contributed by atoms with Gasteiger partial charge in [-0.2, -0.15) is 0 Å². The number of likely N-dealkylation sites (N-methyl/N-ethyl adjacent to an activating group) is 1. The Labute approximate surface area is 524 Å². The maximum absolute atomic E-state index is 13.1. The summed E-state index contributed by atoms with van der Waals surface area (Å²) in [6, 6.07) is -0.865. The summed E-state index contributed by atoms with van der Waals surface area (Å²) in [4.78, 5) is 23.4. The third kappa shape index (κ3) is 68.0. The van der Waals surface area contributed by atoms with Gasteiger partial charge in [-0.25, -0.2) is 4.57 Å². The van der Waals surface area contributed by atoms with Crippen LogP contribution in [-0.4, -0.2) is 73.4 Å². The third-order valence-electron chi connectivity index (χ3n) is 17.0. The van der Waals surface area contributed by atoms with E-state index >= 15 is 0 Å². The molecule has 0 saturated heterocycles. The van der Waals surface area contributed by atoms with Gasteiger partial charge in [-0.05, 0) is 64.2 Å². The number of phosphoric ester groups is 1. The Morgan fingerprint density at radius 2 is 0.690 bits per heavy atom. The molecule has 0 aliphatic rings. The SMILES string of the molecule is CCCCCCC/C=C\C/C=C\CCCCCCCCCCCCCCCCCCCCCCCC(=O)NC(COP(=O)(O)OCC[N+](C)(C)C)C(O)/C=C/CC/C=C/CCCCCCCCCCCCCCCCCCCCCCCCC. The molecule has 3 atom stereocenters. The summed E-state index contributed by atoms with van der Waals surface area (Å²) in [5, 5.41) is 14.0. The monoisotopic (exact) mass is 1200 g/mol. The van der Waals surface area contributed by atoms with Crippen LogP contribution >= 0.6 is 7.82 Å². The summed E-state index contributed by atoms with van der Waals surface area (Å²) in [6.45, 7) is 4.84. The predicted octanol–water partition coefficient (Wildman–Crippen LogP) is 23.8. The van der Waals surface area contributed by atoms with Gasteiger partial charge in [0, 0.05) is 6.42 Å². The molecule has 8 nitrogen and oxygen atoms in total. The first-order chi connectivity index (χ1) is 41.0. The Kier molecular flexibility index (Phi) is 64.7. The van der Waals surface area contributed by atoms with E-state index in [0.717, 1.165) is 44.9 Å². The normalized spacial score (nSPS) is 13.8. The van der Waals surface area contributed by atoms with Crippen LogP contribution in [0.2, 0.25) is 0 Å². The third-order valence-corrected chi connectivity index (χ3v) is 18.0. The van der Waals surface area contributed by atoms with E-state index in [9.17, 15) is 19.4 Å². The second-order valence-electron chi connectivity index (χ2n) is 26.7. The maximum atomic E-state index is 13.1. The number of aliphatic hydroxyl groups excluding tert-OH is 1. The molecule has 3 N–H and O–H groups in total. The lowest BCUT2D eigenvalue weighted by molar-refractivity contribution is -0.870. The largest absolute Gasteiger partial charge is 0.472 e. The summed E-state index contributed by atoms with van der Waals surface area (Å²) >= 11 is 0. The second kappa shape index (κ2) is 65.9. The molecule has 0 fully saturated rings. The molecule has 0 radical (unpaired) electrons. The lowest BCUT2D eigenvalue weighted by atomic mass is 10.0. The van der Waals surface area contributed by atoms with Crippen molar-refractivity contribution in [3.8, 4) is 0 Å². The number of rotatable bonds is 69. The van der Waals surface area contributed by atoms with Gasteiger partial charge >= 0.3 is 7.82 Å². The summed E-state index contributed by atoms with van der Waals surface area (Å²) in [5.41, 5.74) is 0. The molecule has 0 bridgehead atoms. The molecule has 0 saturated carbocycles. The second-order valence-corrected chi connectivity index (χ2v) is 28.1. The summed E-state index contributed by atoms with van der Waals surface area (Å²) < 4.78 is 23.8. The van der Waals surface area contributed by atoms with E-state index in [0.29, 0.717) is 17.4 Å². The molecule has 1 amide bonds. The molecule has 0 aromatic heterocycles. The summed E-state index contributed by atoms with van der Waals surface area (Å²) in [6.07, 6.45) is 90.0. The van der Waals surface area contributed by atoms with Crippen molar-refractivity contribution in [3.63, 3.8) is 0 Å². The molecule has 0 rings (SSSR count). The van der Waals surface area contributed by atoms with Gasteiger partial charge < -0.3 is 19.8 Å². The highest BCUT2D eigenvalue weighted by atomic mass is 31.2. The van der Waals surface area contributed by atoms with E-state index in [1.54, 1.807) is 6.08 Å². The number of nitrogens with one attached hydrogen (secondary N) is 1. The van der Waals surface area contributed by atoms with E-state index in [4.69, 9.17) is 9.05 Å². The Morgan fingerprint density at radius 3 is 1.02 bits per heavy atom. The van der Waals surface area contributed by atoms with E-state index in [-0.39, 0.29) is 19.1 Å². The van der Waals surface area contributed by atoms with Crippen molar-refractivity contribution < 1.29 is 32.9 Å². The highest BCUT2D eigenvalue weighted by Crippen LogP contribution is 2.43. The number of allylic oxidation sites excluding steroid dienone is 7. The lowest BCUT2D eigenvalue weighted by Crippen LogP contribution is -2.45. The molecule has 9 heteroatoms. The number of hydrogen-bond acceptors (Lipinski definition) is 5. The van der Waals surface area contributed by atoms with E-state index < -0.39 is 20.0 Å². The van der Waals surface area contributed by atoms with Crippen molar-refractivity contribution in [2.24, 2.45) is 0 Å². The number of hydrogen-bond donors (Lipinski definition) is 3. The number of amides is 1. The fourth-order valence-corrected chi connectivity index (χ4v) is 12.0. The molecule has 0 aromatic rings. The molecule has 84 heavy (non-hydrogen) atoms. The highest BCUT2D eigenvalue weighted by Gasteiger charge is 2.28. The average Bonchev–Trinajstić information content (AvgIpc) is 3.56. The van der Waals surface area contributed by atoms with Gasteiger partial charge in [0.05, 0.1) is 39.9 Å². The molecular formula is C75H146N2O6P+. The van der Waals surface area contributed by atoms with Crippen molar-refractivity contribution in [1.29, 1.82) is 0 Å². The van der Waals surface area contributed by atoms with Crippen LogP contribution in [0.15, 0.2) is 48.6 Å². The van der Waals surface area contributed by atoms with Gasteiger partial charge in [0.15, 0.2) is 0 Å². The quantitative estimate of drug-likeness (QED) is 0.0243. The molecule has 0 spiro atoms. The molecular weight excluding hydrogens is 1060 g/mol. The van der Waals surface area contributed by atoms with Crippen LogP contribution in [-0.2, 0) is 18.4 Å². The van der Waals surface area contributed by atoms with Crippen LogP contribution in [0.4, 0.5) is 0 Å². The topological polar surface area (TPSA) is 105 Å². The first kappa shape index (κ1) is 82.5. The summed E-state index contributed by atoms with van der Waals surface area (Å²) in [7, 11) is 1.57. The smallest absolute Gasteiger partial charge is 0.387 e. The van der Waals surface area contributed by atoms with E-state index in [2.05, 4.69) is 55.6 Å². The number of nitrogens with zero attached hydrogens (tertiary/aromatic N) is 1. The van der Waals surface area contributed by atoms with E-state index in [1.807, 2.05) is 27.2 Å². The number of quaternary nitrogens is 1. The Hall–Kier alpha value is -1.54. The van der Waals surface area contributed by atoms with Crippen LogP contribution in [0, 0.1) is 0 Å². The molecule has 3 unspecified atom stereocenters. The summed E-state index contributed by atoms with van der Waals surface area (Å²) in [5.74, 6) is -0.180. The fraction of sp³-hybridized carbons (Fsp3) is 0.880. The molecule has 0 aliphatic heterocycles. The number of unbranched alkanes of at least 4 members (excludes halogenated alkanes) is 50. The van der Waals surface area contributed by atoms with Crippen molar-refractivity contribution in [2.45, 2.75) is 386 Å². The average molecular weight is 1200 g/mol.